The molecule has 0 aliphatic carbocycles. The van der Waals surface area contributed by atoms with Crippen molar-refractivity contribution in [2.75, 3.05) is 11.6 Å². The van der Waals surface area contributed by atoms with Crippen molar-refractivity contribution in [1.82, 2.24) is 4.72 Å². The number of benzene rings is 2. The lowest BCUT2D eigenvalue weighted by Gasteiger charge is -2.37. The summed E-state index contributed by atoms with van der Waals surface area (Å²) in [5.74, 6) is 0.432. The fourth-order valence-electron chi connectivity index (χ4n) is 3.30. The minimum Gasteiger partial charge on any atom is -0.487 e. The highest BCUT2D eigenvalue weighted by Gasteiger charge is 2.36. The summed E-state index contributed by atoms with van der Waals surface area (Å²) in [5, 5.41) is 2.70. The highest BCUT2D eigenvalue weighted by atomic mass is 32.2. The van der Waals surface area contributed by atoms with E-state index in [1.54, 1.807) is 12.1 Å². The summed E-state index contributed by atoms with van der Waals surface area (Å²) >= 11 is 1.44. The summed E-state index contributed by atoms with van der Waals surface area (Å²) in [4.78, 5) is 12.4. The molecule has 0 spiro atoms. The largest absolute Gasteiger partial charge is 0.487 e. The second kappa shape index (κ2) is 7.77. The molecule has 1 aliphatic heterocycles. The molecule has 0 radical (unpaired) electrons. The predicted octanol–water partition coefficient (Wildman–Crippen LogP) is 3.95. The van der Waals surface area contributed by atoms with Crippen LogP contribution in [0.15, 0.2) is 52.3 Å². The summed E-state index contributed by atoms with van der Waals surface area (Å²) in [7, 11) is -3.80. The summed E-state index contributed by atoms with van der Waals surface area (Å²) in [6.45, 7) is 5.27. The number of sulfonamides is 1. The Hall–Kier alpha value is -2.03. The van der Waals surface area contributed by atoms with Crippen LogP contribution in [0.4, 0.5) is 5.69 Å². The van der Waals surface area contributed by atoms with Crippen molar-refractivity contribution in [2.24, 2.45) is 0 Å². The van der Waals surface area contributed by atoms with E-state index in [0.29, 0.717) is 17.9 Å². The van der Waals surface area contributed by atoms with Crippen molar-refractivity contribution in [2.45, 2.75) is 48.6 Å². The average molecular weight is 421 g/mol. The van der Waals surface area contributed by atoms with E-state index in [-0.39, 0.29) is 10.8 Å². The van der Waals surface area contributed by atoms with Crippen molar-refractivity contribution in [3.63, 3.8) is 0 Å². The lowest BCUT2D eigenvalue weighted by molar-refractivity contribution is -0.114. The Morgan fingerprint density at radius 3 is 2.61 bits per heavy atom. The number of amides is 1. The number of nitrogens with one attached hydrogen (secondary N) is 2. The van der Waals surface area contributed by atoms with Gasteiger partial charge in [0, 0.05) is 23.8 Å². The van der Waals surface area contributed by atoms with Crippen LogP contribution >= 0.6 is 11.8 Å². The van der Waals surface area contributed by atoms with Gasteiger partial charge in [-0.2, -0.15) is 0 Å². The van der Waals surface area contributed by atoms with E-state index in [4.69, 9.17) is 4.74 Å². The predicted molar refractivity (Wildman–Crippen MR) is 111 cm³/mol. The SMILES string of the molecule is CSc1ccc(S(=O)(=O)N[C@@H]2CC(C)(C)Oc3ccccc32)cc1NC(C)=O. The smallest absolute Gasteiger partial charge is 0.241 e. The maximum Gasteiger partial charge on any atom is 0.241 e. The minimum absolute atomic E-state index is 0.107. The molecule has 1 amide bonds. The van der Waals surface area contributed by atoms with Crippen LogP contribution in [0.2, 0.25) is 0 Å². The molecule has 0 aromatic heterocycles. The van der Waals surface area contributed by atoms with E-state index in [2.05, 4.69) is 10.0 Å². The second-order valence-corrected chi connectivity index (χ2v) is 9.88. The van der Waals surface area contributed by atoms with Gasteiger partial charge in [-0.05, 0) is 44.4 Å². The Morgan fingerprint density at radius 2 is 1.93 bits per heavy atom. The summed E-state index contributed by atoms with van der Waals surface area (Å²) < 4.78 is 35.0. The fraction of sp³-hybridized carbons (Fsp3) is 0.350. The third-order valence-electron chi connectivity index (χ3n) is 4.47. The van der Waals surface area contributed by atoms with E-state index < -0.39 is 21.7 Å². The molecule has 1 atom stereocenters. The van der Waals surface area contributed by atoms with Crippen LogP contribution in [0.5, 0.6) is 5.75 Å². The van der Waals surface area contributed by atoms with Gasteiger partial charge >= 0.3 is 0 Å². The Labute approximate surface area is 170 Å². The number of para-hydroxylation sites is 1. The topological polar surface area (TPSA) is 84.5 Å². The molecule has 2 N–H and O–H groups in total. The van der Waals surface area contributed by atoms with Crippen LogP contribution in [-0.4, -0.2) is 26.2 Å². The third-order valence-corrected chi connectivity index (χ3v) is 6.73. The van der Waals surface area contributed by atoms with Crippen LogP contribution in [0.3, 0.4) is 0 Å². The van der Waals surface area contributed by atoms with Crippen molar-refractivity contribution in [1.29, 1.82) is 0 Å². The third kappa shape index (κ3) is 4.51. The maximum absolute atomic E-state index is 13.1. The molecule has 0 saturated carbocycles. The van der Waals surface area contributed by atoms with Crippen molar-refractivity contribution < 1.29 is 17.9 Å². The molecular weight excluding hydrogens is 396 g/mol. The summed E-state index contributed by atoms with van der Waals surface area (Å²) in [5.41, 5.74) is 0.801. The number of hydrogen-bond donors (Lipinski definition) is 2. The molecular formula is C20H24N2O4S2. The van der Waals surface area contributed by atoms with Gasteiger partial charge in [-0.15, -0.1) is 11.8 Å². The number of thioether (sulfide) groups is 1. The van der Waals surface area contributed by atoms with Crippen LogP contribution < -0.4 is 14.8 Å². The average Bonchev–Trinajstić information content (AvgIpc) is 2.60. The molecule has 1 aliphatic rings. The van der Waals surface area contributed by atoms with Gasteiger partial charge in [0.2, 0.25) is 15.9 Å². The molecule has 2 aromatic carbocycles. The van der Waals surface area contributed by atoms with E-state index in [1.807, 2.05) is 44.4 Å². The highest BCUT2D eigenvalue weighted by Crippen LogP contribution is 2.40. The van der Waals surface area contributed by atoms with Gasteiger partial charge < -0.3 is 10.1 Å². The molecule has 1 heterocycles. The lowest BCUT2D eigenvalue weighted by atomic mass is 9.90. The zero-order valence-electron chi connectivity index (χ0n) is 16.3. The Morgan fingerprint density at radius 1 is 1.21 bits per heavy atom. The van der Waals surface area contributed by atoms with Crippen LogP contribution in [0.25, 0.3) is 0 Å². The van der Waals surface area contributed by atoms with Gasteiger partial charge in [-0.1, -0.05) is 18.2 Å². The van der Waals surface area contributed by atoms with Crippen molar-refractivity contribution in [3.05, 3.63) is 48.0 Å². The zero-order chi connectivity index (χ0) is 20.5. The molecule has 0 bridgehead atoms. The second-order valence-electron chi connectivity index (χ2n) is 7.32. The number of carbonyl (C=O) groups is 1. The first kappa shape index (κ1) is 20.7. The molecule has 8 heteroatoms. The van der Waals surface area contributed by atoms with E-state index in [0.717, 1.165) is 10.5 Å². The van der Waals surface area contributed by atoms with Crippen LogP contribution in [0.1, 0.15) is 38.8 Å². The van der Waals surface area contributed by atoms with Crippen LogP contribution in [0, 0.1) is 0 Å². The van der Waals surface area contributed by atoms with Gasteiger partial charge in [0.05, 0.1) is 16.6 Å². The standard InChI is InChI=1S/C20H24N2O4S2/c1-13(23)21-16-11-14(9-10-19(16)27-4)28(24,25)22-17-12-20(2,3)26-18-8-6-5-7-15(17)18/h5-11,17,22H,12H2,1-4H3,(H,21,23)/t17-/m1/s1. The quantitative estimate of drug-likeness (QED) is 0.716. The Kier molecular flexibility index (Phi) is 5.74. The highest BCUT2D eigenvalue weighted by molar-refractivity contribution is 7.98. The molecule has 0 fully saturated rings. The van der Waals surface area contributed by atoms with Gasteiger partial charge in [0.25, 0.3) is 0 Å². The molecule has 0 unspecified atom stereocenters. The maximum atomic E-state index is 13.1. The minimum atomic E-state index is -3.80. The number of ether oxygens (including phenoxy) is 1. The molecule has 3 rings (SSSR count). The fourth-order valence-corrected chi connectivity index (χ4v) is 5.08. The zero-order valence-corrected chi connectivity index (χ0v) is 17.9. The van der Waals surface area contributed by atoms with Gasteiger partial charge in [0.15, 0.2) is 0 Å². The molecule has 6 nitrogen and oxygen atoms in total. The first-order valence-corrected chi connectivity index (χ1v) is 11.6. The normalized spacial score (nSPS) is 18.1. The van der Waals surface area contributed by atoms with Crippen molar-refractivity contribution in [3.8, 4) is 5.75 Å². The van der Waals surface area contributed by atoms with E-state index in [9.17, 15) is 13.2 Å². The first-order valence-electron chi connectivity index (χ1n) is 8.87. The van der Waals surface area contributed by atoms with Crippen molar-refractivity contribution >= 4 is 33.4 Å². The number of fused-ring (bicyclic) bond motifs is 1. The first-order chi connectivity index (χ1) is 13.1. The van der Waals surface area contributed by atoms with Gasteiger partial charge in [-0.25, -0.2) is 13.1 Å². The molecule has 2 aromatic rings. The van der Waals surface area contributed by atoms with Gasteiger partial charge in [-0.3, -0.25) is 4.79 Å². The number of rotatable bonds is 5. The van der Waals surface area contributed by atoms with E-state index in [1.165, 1.54) is 24.8 Å². The van der Waals surface area contributed by atoms with Crippen LogP contribution in [-0.2, 0) is 14.8 Å². The summed E-state index contributed by atoms with van der Waals surface area (Å²) in [6.07, 6.45) is 2.37. The van der Waals surface area contributed by atoms with Gasteiger partial charge in [0.1, 0.15) is 11.4 Å². The number of carbonyl (C=O) groups excluding carboxylic acids is 1. The Balaban J connectivity index is 1.95. The number of anilines is 1. The Bertz CT molecular complexity index is 1000. The monoisotopic (exact) mass is 420 g/mol. The number of hydrogen-bond acceptors (Lipinski definition) is 5. The summed E-state index contributed by atoms with van der Waals surface area (Å²) in [6, 6.07) is 11.8. The van der Waals surface area contributed by atoms with E-state index >= 15 is 0 Å². The lowest BCUT2D eigenvalue weighted by Crippen LogP contribution is -2.41. The molecule has 0 saturated heterocycles. The molecule has 28 heavy (non-hydrogen) atoms. The molecule has 150 valence electrons.